The minimum Gasteiger partial charge on any atom is -0.480 e. The summed E-state index contributed by atoms with van der Waals surface area (Å²) in [7, 11) is 0. The average Bonchev–Trinajstić information content (AvgIpc) is 2.77. The molecule has 2 N–H and O–H groups in total. The maximum atomic E-state index is 12.3. The summed E-state index contributed by atoms with van der Waals surface area (Å²) in [6.45, 7) is -0.301. The lowest BCUT2D eigenvalue weighted by molar-refractivity contribution is -0.140. The fourth-order valence-corrected chi connectivity index (χ4v) is 2.76. The van der Waals surface area contributed by atoms with E-state index in [0.717, 1.165) is 4.90 Å². The van der Waals surface area contributed by atoms with Crippen LogP contribution in [-0.4, -0.2) is 87.6 Å². The molecule has 0 bridgehead atoms. The maximum Gasteiger partial charge on any atom is 0.323 e. The van der Waals surface area contributed by atoms with E-state index in [-0.39, 0.29) is 18.5 Å². The second-order valence-electron chi connectivity index (χ2n) is 5.15. The van der Waals surface area contributed by atoms with Crippen molar-refractivity contribution in [1.29, 1.82) is 0 Å². The highest BCUT2D eigenvalue weighted by Gasteiger charge is 2.38. The van der Waals surface area contributed by atoms with Crippen LogP contribution in [0.2, 0.25) is 0 Å². The van der Waals surface area contributed by atoms with Crippen LogP contribution in [0.15, 0.2) is 0 Å². The van der Waals surface area contributed by atoms with Crippen molar-refractivity contribution in [3.05, 3.63) is 0 Å². The Kier molecular flexibility index (Phi) is 4.29. The van der Waals surface area contributed by atoms with E-state index in [1.165, 1.54) is 4.90 Å². The molecule has 0 aliphatic carbocycles. The third-order valence-corrected chi connectivity index (χ3v) is 3.69. The van der Waals surface area contributed by atoms with Gasteiger partial charge >= 0.3 is 18.0 Å². The molecule has 0 aromatic rings. The van der Waals surface area contributed by atoms with E-state index in [1.54, 1.807) is 4.90 Å². The van der Waals surface area contributed by atoms with Gasteiger partial charge in [-0.25, -0.2) is 4.79 Å². The summed E-state index contributed by atoms with van der Waals surface area (Å²) >= 11 is 0. The summed E-state index contributed by atoms with van der Waals surface area (Å²) in [6, 6.07) is -0.662. The van der Waals surface area contributed by atoms with Crippen LogP contribution in [0.4, 0.5) is 4.79 Å². The number of carbonyl (C=O) groups excluding carboxylic acids is 2. The van der Waals surface area contributed by atoms with Gasteiger partial charge in [0.25, 0.3) is 0 Å². The zero-order valence-corrected chi connectivity index (χ0v) is 11.4. The molecule has 116 valence electrons. The van der Waals surface area contributed by atoms with Gasteiger partial charge in [0.15, 0.2) is 0 Å². The number of fused-ring (bicyclic) bond motifs is 1. The quantitative estimate of drug-likeness (QED) is 0.679. The molecule has 21 heavy (non-hydrogen) atoms. The molecule has 2 heterocycles. The number of rotatable bonds is 4. The van der Waals surface area contributed by atoms with Gasteiger partial charge in [-0.2, -0.15) is 0 Å². The molecule has 9 nitrogen and oxygen atoms in total. The molecular formula is C12H17N3O6. The van der Waals surface area contributed by atoms with Gasteiger partial charge in [-0.1, -0.05) is 0 Å². The van der Waals surface area contributed by atoms with E-state index in [2.05, 4.69) is 0 Å². The Morgan fingerprint density at radius 1 is 1.14 bits per heavy atom. The van der Waals surface area contributed by atoms with Crippen LogP contribution in [0.1, 0.15) is 12.8 Å². The lowest BCUT2D eigenvalue weighted by Gasteiger charge is -2.39. The van der Waals surface area contributed by atoms with Crippen molar-refractivity contribution in [2.75, 3.05) is 32.7 Å². The van der Waals surface area contributed by atoms with Crippen LogP contribution >= 0.6 is 0 Å². The molecule has 9 heteroatoms. The summed E-state index contributed by atoms with van der Waals surface area (Å²) in [5, 5.41) is 17.5. The number of aliphatic carboxylic acids is 2. The van der Waals surface area contributed by atoms with Crippen LogP contribution in [0.25, 0.3) is 0 Å². The molecular weight excluding hydrogens is 282 g/mol. The van der Waals surface area contributed by atoms with Crippen LogP contribution in [0, 0.1) is 0 Å². The zero-order chi connectivity index (χ0) is 15.6. The van der Waals surface area contributed by atoms with Gasteiger partial charge in [-0.3, -0.25) is 14.4 Å². The predicted octanol–water partition coefficient (Wildman–Crippen LogP) is -1.12. The number of piperazine rings is 1. The number of carbonyl (C=O) groups is 4. The zero-order valence-electron chi connectivity index (χ0n) is 11.4. The van der Waals surface area contributed by atoms with Gasteiger partial charge < -0.3 is 24.9 Å². The Morgan fingerprint density at radius 3 is 2.33 bits per heavy atom. The van der Waals surface area contributed by atoms with Gasteiger partial charge in [0.2, 0.25) is 5.91 Å². The lowest BCUT2D eigenvalue weighted by atomic mass is 10.1. The first kappa shape index (κ1) is 15.1. The highest BCUT2D eigenvalue weighted by atomic mass is 16.4. The Labute approximate surface area is 120 Å². The van der Waals surface area contributed by atoms with E-state index in [9.17, 15) is 19.2 Å². The van der Waals surface area contributed by atoms with Crippen molar-refractivity contribution in [3.63, 3.8) is 0 Å². The molecule has 0 aromatic heterocycles. The van der Waals surface area contributed by atoms with Crippen molar-refractivity contribution in [2.45, 2.75) is 18.9 Å². The molecule has 0 aromatic carbocycles. The molecule has 2 fully saturated rings. The third kappa shape index (κ3) is 3.41. The Morgan fingerprint density at radius 2 is 1.76 bits per heavy atom. The van der Waals surface area contributed by atoms with Crippen molar-refractivity contribution >= 4 is 23.9 Å². The Bertz CT molecular complexity index is 464. The summed E-state index contributed by atoms with van der Waals surface area (Å²) in [5.74, 6) is -2.46. The van der Waals surface area contributed by atoms with Crippen molar-refractivity contribution < 1.29 is 29.4 Å². The van der Waals surface area contributed by atoms with Crippen molar-refractivity contribution in [3.8, 4) is 0 Å². The number of nitrogens with zero attached hydrogens (tertiary/aromatic N) is 3. The number of urea groups is 1. The van der Waals surface area contributed by atoms with Crippen molar-refractivity contribution in [2.24, 2.45) is 0 Å². The molecule has 1 unspecified atom stereocenters. The normalized spacial score (nSPS) is 21.1. The molecule has 3 amide bonds. The van der Waals surface area contributed by atoms with Gasteiger partial charge in [0.05, 0.1) is 0 Å². The van der Waals surface area contributed by atoms with Crippen LogP contribution in [-0.2, 0) is 14.4 Å². The van der Waals surface area contributed by atoms with Crippen LogP contribution in [0.3, 0.4) is 0 Å². The highest BCUT2D eigenvalue weighted by Crippen LogP contribution is 2.23. The summed E-state index contributed by atoms with van der Waals surface area (Å²) in [4.78, 5) is 49.3. The second-order valence-corrected chi connectivity index (χ2v) is 5.15. The van der Waals surface area contributed by atoms with Gasteiger partial charge in [-0.15, -0.1) is 0 Å². The Hall–Kier alpha value is -2.32. The van der Waals surface area contributed by atoms with Crippen LogP contribution < -0.4 is 0 Å². The molecule has 2 rings (SSSR count). The van der Waals surface area contributed by atoms with Gasteiger partial charge in [-0.05, 0) is 6.42 Å². The lowest BCUT2D eigenvalue weighted by Crippen LogP contribution is -2.57. The number of carboxylic acids is 2. The average molecular weight is 299 g/mol. The smallest absolute Gasteiger partial charge is 0.323 e. The maximum absolute atomic E-state index is 12.3. The summed E-state index contributed by atoms with van der Waals surface area (Å²) in [6.07, 6.45) is 1.13. The van der Waals surface area contributed by atoms with E-state index in [1.807, 2.05) is 0 Å². The number of hydrogen-bond acceptors (Lipinski definition) is 4. The first-order valence-electron chi connectivity index (χ1n) is 6.65. The van der Waals surface area contributed by atoms with Gasteiger partial charge in [0.1, 0.15) is 13.1 Å². The number of amides is 3. The van der Waals surface area contributed by atoms with Gasteiger partial charge in [0, 0.05) is 32.1 Å². The second kappa shape index (κ2) is 5.98. The van der Waals surface area contributed by atoms with E-state index < -0.39 is 31.1 Å². The monoisotopic (exact) mass is 299 g/mol. The summed E-state index contributed by atoms with van der Waals surface area (Å²) < 4.78 is 0. The summed E-state index contributed by atoms with van der Waals surface area (Å²) in [5.41, 5.74) is 0. The predicted molar refractivity (Wildman–Crippen MR) is 68.5 cm³/mol. The fourth-order valence-electron chi connectivity index (χ4n) is 2.76. The largest absolute Gasteiger partial charge is 0.480 e. The van der Waals surface area contributed by atoms with E-state index in [0.29, 0.717) is 25.9 Å². The molecule has 2 saturated heterocycles. The SMILES string of the molecule is O=C(O)CN(CC(=O)O)C(=O)N1CCN2C(=O)CCC2C1. The molecule has 1 atom stereocenters. The minimum absolute atomic E-state index is 0.0493. The van der Waals surface area contributed by atoms with Crippen molar-refractivity contribution in [1.82, 2.24) is 14.7 Å². The molecule has 0 saturated carbocycles. The standard InChI is InChI=1S/C12H17N3O6/c16-9-2-1-8-5-13(3-4-15(8)9)12(21)14(6-10(17)18)7-11(19)20/h8H,1-7H2,(H,17,18)(H,19,20). The number of hydrogen-bond donors (Lipinski definition) is 2. The first-order chi connectivity index (χ1) is 9.88. The number of carboxylic acid groups (broad SMARTS) is 2. The molecule has 0 spiro atoms. The minimum atomic E-state index is -1.26. The van der Waals surface area contributed by atoms with E-state index >= 15 is 0 Å². The third-order valence-electron chi connectivity index (χ3n) is 3.69. The first-order valence-corrected chi connectivity index (χ1v) is 6.65. The van der Waals surface area contributed by atoms with E-state index in [4.69, 9.17) is 10.2 Å². The molecule has 2 aliphatic heterocycles. The molecule has 2 aliphatic rings. The topological polar surface area (TPSA) is 118 Å². The fraction of sp³-hybridized carbons (Fsp3) is 0.667. The Balaban J connectivity index is 2.01. The van der Waals surface area contributed by atoms with Crippen LogP contribution in [0.5, 0.6) is 0 Å². The molecule has 0 radical (unpaired) electrons. The highest BCUT2D eigenvalue weighted by molar-refractivity contribution is 5.85.